The molecule has 16 heavy (non-hydrogen) atoms. The summed E-state index contributed by atoms with van der Waals surface area (Å²) in [6.45, 7) is 3.11. The molecule has 0 amide bonds. The molecule has 0 aromatic heterocycles. The average Bonchev–Trinajstić information content (AvgIpc) is 2.17. The maximum absolute atomic E-state index is 11.6. The van der Waals surface area contributed by atoms with E-state index in [1.807, 2.05) is 6.26 Å². The van der Waals surface area contributed by atoms with Crippen molar-refractivity contribution >= 4 is 21.8 Å². The molecule has 0 aliphatic rings. The van der Waals surface area contributed by atoms with Gasteiger partial charge in [0.25, 0.3) is 0 Å². The lowest BCUT2D eigenvalue weighted by Gasteiger charge is -2.23. The maximum atomic E-state index is 11.6. The number of sulfonamides is 1. The van der Waals surface area contributed by atoms with Gasteiger partial charge in [-0.3, -0.25) is 0 Å². The molecule has 0 radical (unpaired) electrons. The predicted molar refractivity (Wildman–Crippen MR) is 65.6 cm³/mol. The molecule has 0 aromatic carbocycles. The van der Waals surface area contributed by atoms with Gasteiger partial charge in [-0.15, -0.1) is 0 Å². The van der Waals surface area contributed by atoms with E-state index in [0.29, 0.717) is 5.75 Å². The first kappa shape index (κ1) is 15.7. The van der Waals surface area contributed by atoms with E-state index < -0.39 is 20.9 Å². The molecule has 2 N–H and O–H groups in total. The monoisotopic (exact) mass is 266 g/mol. The second-order valence-corrected chi connectivity index (χ2v) is 6.64. The molecule has 7 heteroatoms. The summed E-state index contributed by atoms with van der Waals surface area (Å²) in [7, 11) is -3.65. The Hall–Kier alpha value is -0.290. The standard InChI is InChI=1S/C9H18N2O3S2/c1-4-8(5-10)16(13,14)11-6-9(2,12)7-15-3/h8,11-12H,4,6-7H2,1-3H3. The van der Waals surface area contributed by atoms with Crippen molar-refractivity contribution in [1.29, 1.82) is 5.26 Å². The third-order valence-electron chi connectivity index (χ3n) is 2.00. The van der Waals surface area contributed by atoms with Crippen molar-refractivity contribution in [1.82, 2.24) is 4.72 Å². The Morgan fingerprint density at radius 2 is 2.19 bits per heavy atom. The van der Waals surface area contributed by atoms with Crippen LogP contribution in [0.2, 0.25) is 0 Å². The Morgan fingerprint density at radius 1 is 1.62 bits per heavy atom. The summed E-state index contributed by atoms with van der Waals surface area (Å²) >= 11 is 1.43. The highest BCUT2D eigenvalue weighted by Crippen LogP contribution is 2.11. The Kier molecular flexibility index (Phi) is 6.33. The first-order chi connectivity index (χ1) is 7.29. The van der Waals surface area contributed by atoms with E-state index in [4.69, 9.17) is 5.26 Å². The number of thioether (sulfide) groups is 1. The molecule has 94 valence electrons. The summed E-state index contributed by atoms with van der Waals surface area (Å²) < 4.78 is 25.5. The predicted octanol–water partition coefficient (Wildman–Crippen LogP) is 0.322. The zero-order valence-corrected chi connectivity index (χ0v) is 11.4. The highest BCUT2D eigenvalue weighted by molar-refractivity contribution is 7.98. The topological polar surface area (TPSA) is 90.2 Å². The molecule has 0 aromatic rings. The summed E-state index contributed by atoms with van der Waals surface area (Å²) in [6.07, 6.45) is 2.06. The van der Waals surface area contributed by atoms with Gasteiger partial charge in [0.1, 0.15) is 0 Å². The highest BCUT2D eigenvalue weighted by Gasteiger charge is 2.27. The van der Waals surface area contributed by atoms with Gasteiger partial charge in [-0.25, -0.2) is 13.1 Å². The normalized spacial score (nSPS) is 17.4. The SMILES string of the molecule is CCC(C#N)S(=O)(=O)NCC(C)(O)CSC. The molecule has 0 rings (SSSR count). The van der Waals surface area contributed by atoms with Crippen molar-refractivity contribution in [2.75, 3.05) is 18.6 Å². The van der Waals surface area contributed by atoms with E-state index in [2.05, 4.69) is 4.72 Å². The lowest BCUT2D eigenvalue weighted by atomic mass is 10.1. The fourth-order valence-corrected chi connectivity index (χ4v) is 3.11. The molecule has 0 aliphatic heterocycles. The van der Waals surface area contributed by atoms with E-state index in [0.717, 1.165) is 0 Å². The van der Waals surface area contributed by atoms with Crippen LogP contribution in [-0.4, -0.2) is 42.9 Å². The molecule has 0 heterocycles. The summed E-state index contributed by atoms with van der Waals surface area (Å²) in [5.74, 6) is 0.429. The number of nitrogens with one attached hydrogen (secondary N) is 1. The van der Waals surface area contributed by atoms with Gasteiger partial charge in [-0.1, -0.05) is 6.92 Å². The maximum Gasteiger partial charge on any atom is 0.228 e. The van der Waals surface area contributed by atoms with Crippen LogP contribution < -0.4 is 4.72 Å². The molecule has 0 saturated carbocycles. The van der Waals surface area contributed by atoms with Gasteiger partial charge < -0.3 is 5.11 Å². The second-order valence-electron chi connectivity index (χ2n) is 3.82. The fraction of sp³-hybridized carbons (Fsp3) is 0.889. The van der Waals surface area contributed by atoms with E-state index in [1.165, 1.54) is 11.8 Å². The lowest BCUT2D eigenvalue weighted by Crippen LogP contribution is -2.45. The van der Waals surface area contributed by atoms with E-state index in [1.54, 1.807) is 19.9 Å². The smallest absolute Gasteiger partial charge is 0.228 e. The van der Waals surface area contributed by atoms with Gasteiger partial charge in [0.2, 0.25) is 10.0 Å². The van der Waals surface area contributed by atoms with Gasteiger partial charge in [-0.2, -0.15) is 17.0 Å². The van der Waals surface area contributed by atoms with Crippen LogP contribution >= 0.6 is 11.8 Å². The number of aliphatic hydroxyl groups is 1. The minimum absolute atomic E-state index is 0.0750. The molecule has 0 aliphatic carbocycles. The molecule has 0 fully saturated rings. The number of nitriles is 1. The van der Waals surface area contributed by atoms with Crippen molar-refractivity contribution in [2.45, 2.75) is 31.1 Å². The van der Waals surface area contributed by atoms with Crippen LogP contribution in [0, 0.1) is 11.3 Å². The lowest BCUT2D eigenvalue weighted by molar-refractivity contribution is 0.0908. The Bertz CT molecular complexity index is 346. The molecule has 2 unspecified atom stereocenters. The van der Waals surface area contributed by atoms with Gasteiger partial charge in [0.15, 0.2) is 5.25 Å². The summed E-state index contributed by atoms with van der Waals surface area (Å²) in [6, 6.07) is 1.72. The fourth-order valence-electron chi connectivity index (χ4n) is 1.10. The molecule has 5 nitrogen and oxygen atoms in total. The number of nitrogens with zero attached hydrogens (tertiary/aromatic N) is 1. The van der Waals surface area contributed by atoms with Crippen molar-refractivity contribution in [3.63, 3.8) is 0 Å². The van der Waals surface area contributed by atoms with Crippen LogP contribution in [0.1, 0.15) is 20.3 Å². The zero-order valence-electron chi connectivity index (χ0n) is 9.73. The van der Waals surface area contributed by atoms with E-state index >= 15 is 0 Å². The highest BCUT2D eigenvalue weighted by atomic mass is 32.2. The minimum atomic E-state index is -3.65. The summed E-state index contributed by atoms with van der Waals surface area (Å²) in [4.78, 5) is 0. The second kappa shape index (κ2) is 6.45. The van der Waals surface area contributed by atoms with Crippen molar-refractivity contribution in [3.05, 3.63) is 0 Å². The van der Waals surface area contributed by atoms with Crippen molar-refractivity contribution < 1.29 is 13.5 Å². The first-order valence-electron chi connectivity index (χ1n) is 4.88. The largest absolute Gasteiger partial charge is 0.388 e. The summed E-state index contributed by atoms with van der Waals surface area (Å²) in [5.41, 5.74) is -1.10. The van der Waals surface area contributed by atoms with Crippen LogP contribution in [0.5, 0.6) is 0 Å². The van der Waals surface area contributed by atoms with Gasteiger partial charge in [0.05, 0.1) is 11.7 Å². The van der Waals surface area contributed by atoms with Crippen molar-refractivity contribution in [2.24, 2.45) is 0 Å². The quantitative estimate of drug-likeness (QED) is 0.692. The number of hydrogen-bond acceptors (Lipinski definition) is 5. The van der Waals surface area contributed by atoms with E-state index in [9.17, 15) is 13.5 Å². The first-order valence-corrected chi connectivity index (χ1v) is 7.82. The number of rotatable bonds is 7. The number of hydrogen-bond donors (Lipinski definition) is 2. The van der Waals surface area contributed by atoms with Gasteiger partial charge in [-0.05, 0) is 19.6 Å². The Morgan fingerprint density at radius 3 is 2.56 bits per heavy atom. The van der Waals surface area contributed by atoms with Crippen LogP contribution in [-0.2, 0) is 10.0 Å². The van der Waals surface area contributed by atoms with Gasteiger partial charge in [0, 0.05) is 12.3 Å². The van der Waals surface area contributed by atoms with Crippen LogP contribution in [0.15, 0.2) is 0 Å². The van der Waals surface area contributed by atoms with Crippen LogP contribution in [0.4, 0.5) is 0 Å². The van der Waals surface area contributed by atoms with Crippen molar-refractivity contribution in [3.8, 4) is 6.07 Å². The minimum Gasteiger partial charge on any atom is -0.388 e. The molecule has 0 bridgehead atoms. The Balaban J connectivity index is 4.47. The molecule has 0 saturated heterocycles. The van der Waals surface area contributed by atoms with Crippen LogP contribution in [0.3, 0.4) is 0 Å². The summed E-state index contributed by atoms with van der Waals surface area (Å²) in [5, 5.41) is 17.4. The molecule has 0 spiro atoms. The zero-order chi connectivity index (χ0) is 12.8. The molecule has 2 atom stereocenters. The molecular formula is C9H18N2O3S2. The van der Waals surface area contributed by atoms with E-state index in [-0.39, 0.29) is 13.0 Å². The van der Waals surface area contributed by atoms with Gasteiger partial charge >= 0.3 is 0 Å². The van der Waals surface area contributed by atoms with Crippen LogP contribution in [0.25, 0.3) is 0 Å². The average molecular weight is 266 g/mol. The third kappa shape index (κ3) is 5.16. The molecular weight excluding hydrogens is 248 g/mol. The third-order valence-corrected chi connectivity index (χ3v) is 4.64. The Labute approximate surface area is 101 Å².